The molecular weight excluding hydrogens is 348 g/mol. The molecule has 0 amide bonds. The van der Waals surface area contributed by atoms with Crippen LogP contribution in [0.3, 0.4) is 0 Å². The summed E-state index contributed by atoms with van der Waals surface area (Å²) in [5.41, 5.74) is -0.905. The Kier molecular flexibility index (Phi) is 11.0. The number of hydrogen-bond acceptors (Lipinski definition) is 8. The number of phosphoric acid groups is 1. The highest BCUT2D eigenvalue weighted by molar-refractivity contribution is 7.54. The van der Waals surface area contributed by atoms with Gasteiger partial charge in [0.25, 0.3) is 0 Å². The zero-order chi connectivity index (χ0) is 18.1. The number of rotatable bonds is 13. The van der Waals surface area contributed by atoms with Crippen LogP contribution in [-0.4, -0.2) is 54.4 Å². The molecule has 0 aromatic carbocycles. The predicted molar refractivity (Wildman–Crippen MR) is 86.3 cm³/mol. The second-order valence-electron chi connectivity index (χ2n) is 4.72. The monoisotopic (exact) mass is 377 g/mol. The maximum absolute atomic E-state index is 13.0. The van der Waals surface area contributed by atoms with Crippen LogP contribution in [0.2, 0.25) is 0 Å². The molecule has 0 aliphatic heterocycles. The van der Waals surface area contributed by atoms with Crippen molar-refractivity contribution in [1.82, 2.24) is 5.32 Å². The second-order valence-corrected chi connectivity index (χ2v) is 8.39. The fourth-order valence-corrected chi connectivity index (χ4v) is 5.02. The number of hydrogen-bond donors (Lipinski definition) is 3. The van der Waals surface area contributed by atoms with E-state index >= 15 is 0 Å². The van der Waals surface area contributed by atoms with Gasteiger partial charge in [-0.25, -0.2) is 4.57 Å². The van der Waals surface area contributed by atoms with Gasteiger partial charge >= 0.3 is 15.4 Å². The molecule has 0 heterocycles. The van der Waals surface area contributed by atoms with Crippen molar-refractivity contribution < 1.29 is 37.2 Å². The SMILES string of the molecule is CCOP(=O)(O)OC(C)C(CNC(C)O)P(=O)(OCC)OCC. The Balaban J connectivity index is 5.31. The standard InChI is InChI=1S/C12H29NO8P2/c1-6-18-22(15,19-7-2)12(9-13-11(5)14)10(4)21-23(16,17)20-8-3/h10-14H,6-9H2,1-5H3,(H,16,17). The van der Waals surface area contributed by atoms with E-state index < -0.39 is 33.4 Å². The van der Waals surface area contributed by atoms with Gasteiger partial charge in [0.1, 0.15) is 11.9 Å². The van der Waals surface area contributed by atoms with Crippen LogP contribution in [0.5, 0.6) is 0 Å². The molecule has 0 aromatic rings. The normalized spacial score (nSPS) is 19.1. The summed E-state index contributed by atoms with van der Waals surface area (Å²) in [5.74, 6) is 0. The lowest BCUT2D eigenvalue weighted by atomic mass is 10.3. The van der Waals surface area contributed by atoms with E-state index in [1.165, 1.54) is 13.8 Å². The summed E-state index contributed by atoms with van der Waals surface area (Å²) in [7, 11) is -7.91. The molecule has 4 atom stereocenters. The van der Waals surface area contributed by atoms with E-state index in [1.54, 1.807) is 20.8 Å². The summed E-state index contributed by atoms with van der Waals surface area (Å²) < 4.78 is 45.0. The van der Waals surface area contributed by atoms with Gasteiger partial charge in [-0.3, -0.25) is 18.9 Å². The molecular formula is C12H29NO8P2. The van der Waals surface area contributed by atoms with Gasteiger partial charge in [0.15, 0.2) is 0 Å². The fraction of sp³-hybridized carbons (Fsp3) is 1.00. The molecule has 3 N–H and O–H groups in total. The van der Waals surface area contributed by atoms with Crippen molar-refractivity contribution in [1.29, 1.82) is 0 Å². The Bertz CT molecular complexity index is 410. The van der Waals surface area contributed by atoms with Crippen molar-refractivity contribution in [2.75, 3.05) is 26.4 Å². The van der Waals surface area contributed by atoms with Crippen molar-refractivity contribution in [2.24, 2.45) is 0 Å². The van der Waals surface area contributed by atoms with Crippen molar-refractivity contribution in [3.05, 3.63) is 0 Å². The average molecular weight is 377 g/mol. The fourth-order valence-electron chi connectivity index (χ4n) is 1.89. The molecule has 0 saturated heterocycles. The van der Waals surface area contributed by atoms with E-state index in [9.17, 15) is 19.1 Å². The van der Waals surface area contributed by atoms with Crippen LogP contribution >= 0.6 is 15.4 Å². The molecule has 0 radical (unpaired) electrons. The van der Waals surface area contributed by atoms with Crippen LogP contribution in [0, 0.1) is 0 Å². The third-order valence-electron chi connectivity index (χ3n) is 2.78. The van der Waals surface area contributed by atoms with Gasteiger partial charge in [-0.15, -0.1) is 0 Å². The summed E-state index contributed by atoms with van der Waals surface area (Å²) in [5, 5.41) is 12.1. The summed E-state index contributed by atoms with van der Waals surface area (Å²) >= 11 is 0. The first-order valence-corrected chi connectivity index (χ1v) is 10.7. The highest BCUT2D eigenvalue weighted by Crippen LogP contribution is 2.56. The van der Waals surface area contributed by atoms with E-state index in [-0.39, 0.29) is 26.4 Å². The first kappa shape index (κ1) is 23.2. The molecule has 0 bridgehead atoms. The lowest BCUT2D eigenvalue weighted by Gasteiger charge is -2.31. The van der Waals surface area contributed by atoms with E-state index in [4.69, 9.17) is 13.6 Å². The average Bonchev–Trinajstić information content (AvgIpc) is 2.37. The highest BCUT2D eigenvalue weighted by Gasteiger charge is 2.42. The minimum Gasteiger partial charge on any atom is -0.379 e. The Morgan fingerprint density at radius 2 is 1.48 bits per heavy atom. The zero-order valence-electron chi connectivity index (χ0n) is 14.3. The highest BCUT2D eigenvalue weighted by atomic mass is 31.2. The quantitative estimate of drug-likeness (QED) is 0.327. The van der Waals surface area contributed by atoms with E-state index in [0.717, 1.165) is 0 Å². The third kappa shape index (κ3) is 8.72. The van der Waals surface area contributed by atoms with E-state index in [2.05, 4.69) is 9.84 Å². The minimum atomic E-state index is -4.28. The lowest BCUT2D eigenvalue weighted by Crippen LogP contribution is -2.40. The van der Waals surface area contributed by atoms with Crippen LogP contribution in [0.15, 0.2) is 0 Å². The maximum Gasteiger partial charge on any atom is 0.472 e. The molecule has 23 heavy (non-hydrogen) atoms. The second kappa shape index (κ2) is 10.9. The maximum atomic E-state index is 13.0. The van der Waals surface area contributed by atoms with Crippen molar-refractivity contribution >= 4 is 15.4 Å². The van der Waals surface area contributed by atoms with Gasteiger partial charge in [-0.2, -0.15) is 0 Å². The largest absolute Gasteiger partial charge is 0.472 e. The van der Waals surface area contributed by atoms with Crippen LogP contribution < -0.4 is 5.32 Å². The number of aliphatic hydroxyl groups excluding tert-OH is 1. The Hall–Kier alpha value is 0.180. The first-order chi connectivity index (χ1) is 10.6. The van der Waals surface area contributed by atoms with Crippen LogP contribution in [0.4, 0.5) is 0 Å². The van der Waals surface area contributed by atoms with Gasteiger partial charge in [0.2, 0.25) is 0 Å². The molecule has 0 rings (SSSR count). The lowest BCUT2D eigenvalue weighted by molar-refractivity contribution is 0.0967. The topological polar surface area (TPSA) is 124 Å². The van der Waals surface area contributed by atoms with Crippen molar-refractivity contribution in [2.45, 2.75) is 52.6 Å². The summed E-state index contributed by atoms with van der Waals surface area (Å²) in [6.45, 7) is 8.10. The predicted octanol–water partition coefficient (Wildman–Crippen LogP) is 2.09. The zero-order valence-corrected chi connectivity index (χ0v) is 16.1. The molecule has 0 fully saturated rings. The van der Waals surface area contributed by atoms with Crippen molar-refractivity contribution in [3.8, 4) is 0 Å². The van der Waals surface area contributed by atoms with Gasteiger partial charge in [-0.05, 0) is 34.6 Å². The van der Waals surface area contributed by atoms with Crippen molar-refractivity contribution in [3.63, 3.8) is 0 Å². The first-order valence-electron chi connectivity index (χ1n) is 7.57. The Morgan fingerprint density at radius 1 is 1.00 bits per heavy atom. The van der Waals surface area contributed by atoms with E-state index in [1.807, 2.05) is 0 Å². The molecule has 4 unspecified atom stereocenters. The molecule has 11 heteroatoms. The van der Waals surface area contributed by atoms with Gasteiger partial charge in [0.05, 0.1) is 25.9 Å². The van der Waals surface area contributed by atoms with E-state index in [0.29, 0.717) is 0 Å². The summed E-state index contributed by atoms with van der Waals surface area (Å²) in [6, 6.07) is 0. The van der Waals surface area contributed by atoms with Crippen LogP contribution in [-0.2, 0) is 27.2 Å². The molecule has 0 aromatic heterocycles. The Labute approximate surface area is 137 Å². The van der Waals surface area contributed by atoms with Crippen LogP contribution in [0.1, 0.15) is 34.6 Å². The van der Waals surface area contributed by atoms with Gasteiger partial charge < -0.3 is 19.0 Å². The van der Waals surface area contributed by atoms with Gasteiger partial charge in [-0.1, -0.05) is 0 Å². The number of aliphatic hydroxyl groups is 1. The van der Waals surface area contributed by atoms with Crippen LogP contribution in [0.25, 0.3) is 0 Å². The van der Waals surface area contributed by atoms with Gasteiger partial charge in [0, 0.05) is 6.54 Å². The molecule has 0 saturated carbocycles. The minimum absolute atomic E-state index is 0.00222. The Morgan fingerprint density at radius 3 is 1.87 bits per heavy atom. The molecule has 0 aliphatic rings. The smallest absolute Gasteiger partial charge is 0.379 e. The molecule has 0 aliphatic carbocycles. The third-order valence-corrected chi connectivity index (χ3v) is 6.61. The number of nitrogens with one attached hydrogen (secondary N) is 1. The molecule has 0 spiro atoms. The molecule has 140 valence electrons. The summed E-state index contributed by atoms with van der Waals surface area (Å²) in [6.07, 6.45) is -1.85. The summed E-state index contributed by atoms with van der Waals surface area (Å²) in [4.78, 5) is 9.61. The number of phosphoric ester groups is 1. The molecule has 9 nitrogen and oxygen atoms in total.